The molecule has 2 aromatic carbocycles. The summed E-state index contributed by atoms with van der Waals surface area (Å²) >= 11 is 0. The Morgan fingerprint density at radius 1 is 1.06 bits per heavy atom. The average molecular weight is 237 g/mol. The maximum Gasteiger partial charge on any atom is 0.518 e. The van der Waals surface area contributed by atoms with E-state index in [1.54, 1.807) is 6.07 Å². The summed E-state index contributed by atoms with van der Waals surface area (Å²) in [4.78, 5) is 11.9. The Morgan fingerprint density at radius 2 is 1.78 bits per heavy atom. The van der Waals surface area contributed by atoms with Crippen LogP contribution in [-0.2, 0) is 4.65 Å². The zero-order chi connectivity index (χ0) is 12.5. The first kappa shape index (κ1) is 10.9. The highest BCUT2D eigenvalue weighted by Crippen LogP contribution is 2.21. The molecule has 18 heavy (non-hydrogen) atoms. The van der Waals surface area contributed by atoms with E-state index in [9.17, 15) is 4.79 Å². The third-order valence-electron chi connectivity index (χ3n) is 3.04. The second-order valence-corrected chi connectivity index (χ2v) is 4.39. The maximum atomic E-state index is 11.9. The SMILES string of the molecule is Cc1ccc(B2Nc3ccccc3C(=O)O2)cc1. The van der Waals surface area contributed by atoms with E-state index in [1.165, 1.54) is 5.56 Å². The van der Waals surface area contributed by atoms with E-state index >= 15 is 0 Å². The Balaban J connectivity index is 1.94. The molecule has 1 aliphatic heterocycles. The van der Waals surface area contributed by atoms with Crippen LogP contribution >= 0.6 is 0 Å². The molecule has 4 heteroatoms. The standard InChI is InChI=1S/C14H12BNO2/c1-10-6-8-11(9-7-10)15-16-13-5-3-2-4-12(13)14(17)18-15/h2-9,16H,1H3. The second-order valence-electron chi connectivity index (χ2n) is 4.39. The molecule has 0 unspecified atom stereocenters. The Labute approximate surface area is 106 Å². The van der Waals surface area contributed by atoms with Gasteiger partial charge in [0.15, 0.2) is 0 Å². The van der Waals surface area contributed by atoms with E-state index in [-0.39, 0.29) is 5.97 Å². The smallest absolute Gasteiger partial charge is 0.507 e. The molecular formula is C14H12BNO2. The topological polar surface area (TPSA) is 38.3 Å². The number of aryl methyl sites for hydroxylation is 1. The summed E-state index contributed by atoms with van der Waals surface area (Å²) in [6.45, 7) is 2.03. The molecule has 0 saturated carbocycles. The summed E-state index contributed by atoms with van der Waals surface area (Å²) in [6.07, 6.45) is 0. The second kappa shape index (κ2) is 4.22. The molecular weight excluding hydrogens is 225 g/mol. The van der Waals surface area contributed by atoms with Crippen LogP contribution in [0, 0.1) is 6.92 Å². The van der Waals surface area contributed by atoms with E-state index in [4.69, 9.17) is 4.65 Å². The van der Waals surface area contributed by atoms with Crippen LogP contribution in [0.1, 0.15) is 15.9 Å². The monoisotopic (exact) mass is 237 g/mol. The molecule has 3 nitrogen and oxygen atoms in total. The molecule has 2 aromatic rings. The summed E-state index contributed by atoms with van der Waals surface area (Å²) in [5.74, 6) is -0.282. The van der Waals surface area contributed by atoms with Crippen molar-refractivity contribution in [3.05, 3.63) is 59.7 Å². The Kier molecular flexibility index (Phi) is 2.56. The number of fused-ring (bicyclic) bond motifs is 1. The molecule has 1 aliphatic rings. The van der Waals surface area contributed by atoms with Crippen molar-refractivity contribution in [1.82, 2.24) is 0 Å². The molecule has 0 bridgehead atoms. The van der Waals surface area contributed by atoms with Gasteiger partial charge in [0.1, 0.15) is 0 Å². The van der Waals surface area contributed by atoms with Crippen molar-refractivity contribution in [2.75, 3.05) is 5.23 Å². The van der Waals surface area contributed by atoms with Gasteiger partial charge in [0.25, 0.3) is 0 Å². The minimum Gasteiger partial charge on any atom is -0.507 e. The third kappa shape index (κ3) is 1.86. The van der Waals surface area contributed by atoms with Crippen molar-refractivity contribution in [3.63, 3.8) is 0 Å². The van der Waals surface area contributed by atoms with Gasteiger partial charge in [-0.15, -0.1) is 0 Å². The van der Waals surface area contributed by atoms with E-state index in [0.717, 1.165) is 11.2 Å². The Hall–Kier alpha value is -2.23. The highest BCUT2D eigenvalue weighted by molar-refractivity contribution is 6.73. The van der Waals surface area contributed by atoms with Crippen molar-refractivity contribution in [1.29, 1.82) is 0 Å². The van der Waals surface area contributed by atoms with Gasteiger partial charge < -0.3 is 9.88 Å². The zero-order valence-electron chi connectivity index (χ0n) is 10.0. The maximum absolute atomic E-state index is 11.9. The lowest BCUT2D eigenvalue weighted by Gasteiger charge is -2.23. The van der Waals surface area contributed by atoms with Gasteiger partial charge in [-0.05, 0) is 24.5 Å². The van der Waals surface area contributed by atoms with Crippen molar-refractivity contribution < 1.29 is 9.45 Å². The van der Waals surface area contributed by atoms with Gasteiger partial charge in [0, 0.05) is 5.69 Å². The number of rotatable bonds is 1. The van der Waals surface area contributed by atoms with Crippen LogP contribution < -0.4 is 10.7 Å². The quantitative estimate of drug-likeness (QED) is 0.770. The molecule has 0 saturated heterocycles. The predicted octanol–water partition coefficient (Wildman–Crippen LogP) is 1.97. The van der Waals surface area contributed by atoms with E-state index in [2.05, 4.69) is 5.23 Å². The minimum absolute atomic E-state index is 0.282. The van der Waals surface area contributed by atoms with Crippen LogP contribution in [0.5, 0.6) is 0 Å². The molecule has 0 aliphatic carbocycles. The first-order chi connectivity index (χ1) is 8.74. The number of hydrogen-bond donors (Lipinski definition) is 1. The molecule has 88 valence electrons. The van der Waals surface area contributed by atoms with Gasteiger partial charge >= 0.3 is 13.0 Å². The highest BCUT2D eigenvalue weighted by Gasteiger charge is 2.31. The van der Waals surface area contributed by atoms with E-state index in [1.807, 2.05) is 49.4 Å². The van der Waals surface area contributed by atoms with Gasteiger partial charge in [-0.3, -0.25) is 0 Å². The normalized spacial score (nSPS) is 13.6. The lowest BCUT2D eigenvalue weighted by molar-refractivity contribution is 0.0732. The van der Waals surface area contributed by atoms with E-state index < -0.39 is 7.05 Å². The number of benzene rings is 2. The largest absolute Gasteiger partial charge is 0.518 e. The Morgan fingerprint density at radius 3 is 2.56 bits per heavy atom. The Bertz CT molecular complexity index is 595. The van der Waals surface area contributed by atoms with Crippen LogP contribution in [0.15, 0.2) is 48.5 Å². The fourth-order valence-corrected chi connectivity index (χ4v) is 2.02. The molecule has 0 amide bonds. The molecule has 0 fully saturated rings. The lowest BCUT2D eigenvalue weighted by Crippen LogP contribution is -2.46. The third-order valence-corrected chi connectivity index (χ3v) is 3.04. The summed E-state index contributed by atoms with van der Waals surface area (Å²) in [5, 5.41) is 3.22. The van der Waals surface area contributed by atoms with Crippen LogP contribution in [0.2, 0.25) is 0 Å². The van der Waals surface area contributed by atoms with Gasteiger partial charge in [-0.1, -0.05) is 42.0 Å². The van der Waals surface area contributed by atoms with Crippen LogP contribution in [-0.4, -0.2) is 13.0 Å². The predicted molar refractivity (Wildman–Crippen MR) is 72.0 cm³/mol. The molecule has 1 heterocycles. The summed E-state index contributed by atoms with van der Waals surface area (Å²) in [6, 6.07) is 15.3. The lowest BCUT2D eigenvalue weighted by atomic mass is 9.71. The average Bonchev–Trinajstić information content (AvgIpc) is 2.39. The number of nitrogens with one attached hydrogen (secondary N) is 1. The van der Waals surface area contributed by atoms with Gasteiger partial charge in [0.2, 0.25) is 0 Å². The first-order valence-electron chi connectivity index (χ1n) is 5.87. The van der Waals surface area contributed by atoms with Crippen molar-refractivity contribution >= 4 is 24.2 Å². The molecule has 0 aromatic heterocycles. The number of para-hydroxylation sites is 1. The summed E-state index contributed by atoms with van der Waals surface area (Å²) in [5.41, 5.74) is 3.53. The fraction of sp³-hybridized carbons (Fsp3) is 0.0714. The number of hydrogen-bond acceptors (Lipinski definition) is 3. The first-order valence-corrected chi connectivity index (χ1v) is 5.87. The van der Waals surface area contributed by atoms with Gasteiger partial charge in [-0.25, -0.2) is 4.79 Å². The van der Waals surface area contributed by atoms with Crippen LogP contribution in [0.4, 0.5) is 5.69 Å². The molecule has 0 spiro atoms. The van der Waals surface area contributed by atoms with Crippen LogP contribution in [0.3, 0.4) is 0 Å². The summed E-state index contributed by atoms with van der Waals surface area (Å²) in [7, 11) is -0.409. The number of carbonyl (C=O) groups excluding carboxylic acids is 1. The zero-order valence-corrected chi connectivity index (χ0v) is 10.0. The van der Waals surface area contributed by atoms with Crippen molar-refractivity contribution in [3.8, 4) is 0 Å². The fourth-order valence-electron chi connectivity index (χ4n) is 2.02. The van der Waals surface area contributed by atoms with Crippen molar-refractivity contribution in [2.24, 2.45) is 0 Å². The highest BCUT2D eigenvalue weighted by atomic mass is 16.5. The number of carbonyl (C=O) groups is 1. The molecule has 3 rings (SSSR count). The molecule has 0 radical (unpaired) electrons. The summed E-state index contributed by atoms with van der Waals surface area (Å²) < 4.78 is 5.39. The van der Waals surface area contributed by atoms with Crippen molar-refractivity contribution in [2.45, 2.75) is 6.92 Å². The van der Waals surface area contributed by atoms with E-state index in [0.29, 0.717) is 5.56 Å². The van der Waals surface area contributed by atoms with Gasteiger partial charge in [-0.2, -0.15) is 0 Å². The number of anilines is 1. The van der Waals surface area contributed by atoms with Gasteiger partial charge in [0.05, 0.1) is 5.56 Å². The van der Waals surface area contributed by atoms with Crippen LogP contribution in [0.25, 0.3) is 0 Å². The minimum atomic E-state index is -0.409. The molecule has 1 N–H and O–H groups in total. The molecule has 0 atom stereocenters.